The molecule has 0 saturated heterocycles. The average molecular weight is 404 g/mol. The molecule has 4 nitrogen and oxygen atoms in total. The Hall–Kier alpha value is -3.12. The molecular weight excluding hydrogens is 382 g/mol. The minimum absolute atomic E-state index is 0.300. The Morgan fingerprint density at radius 1 is 1.00 bits per heavy atom. The molecule has 0 unspecified atom stereocenters. The number of likely N-dealkylation sites (N-methyl/N-ethyl adjacent to an activating group) is 1. The van der Waals surface area contributed by atoms with Gasteiger partial charge >= 0.3 is 0 Å². The smallest absolute Gasteiger partial charge is 0.150 e. The summed E-state index contributed by atoms with van der Waals surface area (Å²) < 4.78 is 31.1. The number of hydrogen-bond acceptors (Lipinski definition) is 3. The van der Waals surface area contributed by atoms with E-state index in [9.17, 15) is 8.78 Å². The van der Waals surface area contributed by atoms with Crippen LogP contribution in [0.5, 0.6) is 0 Å². The standard InChI is InChI=1S/C24H22F2N4/c1-3-30-8-6-15(7-9-30)17-10-16-4-5-22(28-23(16)20(25)12-17)18-11-19-14-27-29(2)24(19)21(26)13-18/h4-6,10-14H,3,7-9H2,1-2H3. The van der Waals surface area contributed by atoms with Crippen LogP contribution in [0.15, 0.2) is 48.7 Å². The largest absolute Gasteiger partial charge is 0.300 e. The van der Waals surface area contributed by atoms with E-state index in [1.807, 2.05) is 24.3 Å². The van der Waals surface area contributed by atoms with Crippen LogP contribution in [0.25, 0.3) is 38.6 Å². The summed E-state index contributed by atoms with van der Waals surface area (Å²) in [6.07, 6.45) is 4.71. The van der Waals surface area contributed by atoms with Crippen molar-refractivity contribution in [2.24, 2.45) is 7.05 Å². The van der Waals surface area contributed by atoms with E-state index in [-0.39, 0.29) is 11.6 Å². The Morgan fingerprint density at radius 2 is 1.80 bits per heavy atom. The zero-order valence-electron chi connectivity index (χ0n) is 17.0. The minimum atomic E-state index is -0.370. The Morgan fingerprint density at radius 3 is 2.57 bits per heavy atom. The van der Waals surface area contributed by atoms with Crippen molar-refractivity contribution in [2.75, 3.05) is 19.6 Å². The molecule has 30 heavy (non-hydrogen) atoms. The molecule has 152 valence electrons. The molecule has 0 amide bonds. The van der Waals surface area contributed by atoms with Crippen LogP contribution in [0.1, 0.15) is 18.9 Å². The van der Waals surface area contributed by atoms with Crippen molar-refractivity contribution in [3.05, 3.63) is 65.9 Å². The first-order valence-corrected chi connectivity index (χ1v) is 10.2. The first kappa shape index (κ1) is 18.9. The summed E-state index contributed by atoms with van der Waals surface area (Å²) >= 11 is 0. The maximum atomic E-state index is 15.0. The summed E-state index contributed by atoms with van der Waals surface area (Å²) in [6, 6.07) is 10.5. The molecule has 1 aliphatic rings. The van der Waals surface area contributed by atoms with Gasteiger partial charge in [0, 0.05) is 36.5 Å². The van der Waals surface area contributed by atoms with Gasteiger partial charge in [-0.25, -0.2) is 13.8 Å². The normalized spacial score (nSPS) is 15.1. The van der Waals surface area contributed by atoms with E-state index in [0.29, 0.717) is 27.7 Å². The van der Waals surface area contributed by atoms with Gasteiger partial charge in [-0.15, -0.1) is 0 Å². The molecule has 0 N–H and O–H groups in total. The van der Waals surface area contributed by atoms with Crippen molar-refractivity contribution < 1.29 is 8.78 Å². The second-order valence-electron chi connectivity index (χ2n) is 7.76. The number of nitrogens with zero attached hydrogens (tertiary/aromatic N) is 4. The zero-order valence-corrected chi connectivity index (χ0v) is 17.0. The fraction of sp³-hybridized carbons (Fsp3) is 0.250. The van der Waals surface area contributed by atoms with E-state index in [1.165, 1.54) is 16.3 Å². The number of pyridine rings is 1. The fourth-order valence-electron chi connectivity index (χ4n) is 4.21. The number of rotatable bonds is 3. The maximum Gasteiger partial charge on any atom is 0.150 e. The topological polar surface area (TPSA) is 34.0 Å². The van der Waals surface area contributed by atoms with Crippen molar-refractivity contribution in [3.63, 3.8) is 0 Å². The van der Waals surface area contributed by atoms with Gasteiger partial charge in [0.05, 0.1) is 11.9 Å². The van der Waals surface area contributed by atoms with Crippen LogP contribution in [0.3, 0.4) is 0 Å². The molecule has 2 aromatic heterocycles. The fourth-order valence-corrected chi connectivity index (χ4v) is 4.21. The SMILES string of the molecule is CCN1CC=C(c2cc(F)c3nc(-c4cc(F)c5c(cnn5C)c4)ccc3c2)CC1. The van der Waals surface area contributed by atoms with Crippen molar-refractivity contribution >= 4 is 27.4 Å². The molecule has 0 radical (unpaired) electrons. The van der Waals surface area contributed by atoms with E-state index in [0.717, 1.165) is 37.0 Å². The molecule has 0 bridgehead atoms. The first-order valence-electron chi connectivity index (χ1n) is 10.2. The molecule has 5 rings (SSSR count). The summed E-state index contributed by atoms with van der Waals surface area (Å²) in [5, 5.41) is 5.54. The zero-order chi connectivity index (χ0) is 20.8. The molecule has 0 saturated carbocycles. The number of halogens is 2. The lowest BCUT2D eigenvalue weighted by Gasteiger charge is -2.25. The molecule has 4 aromatic rings. The van der Waals surface area contributed by atoms with Crippen molar-refractivity contribution in [3.8, 4) is 11.3 Å². The van der Waals surface area contributed by atoms with Crippen LogP contribution >= 0.6 is 0 Å². The third-order valence-electron chi connectivity index (χ3n) is 5.94. The lowest BCUT2D eigenvalue weighted by atomic mass is 9.97. The van der Waals surface area contributed by atoms with Crippen molar-refractivity contribution in [2.45, 2.75) is 13.3 Å². The molecule has 0 atom stereocenters. The van der Waals surface area contributed by atoms with Gasteiger partial charge < -0.3 is 0 Å². The van der Waals surface area contributed by atoms with Gasteiger partial charge in [-0.1, -0.05) is 19.1 Å². The van der Waals surface area contributed by atoms with Gasteiger partial charge in [-0.05, 0) is 54.4 Å². The Bertz CT molecular complexity index is 1310. The molecule has 3 heterocycles. The van der Waals surface area contributed by atoms with E-state index in [2.05, 4.69) is 28.0 Å². The van der Waals surface area contributed by atoms with E-state index >= 15 is 0 Å². The van der Waals surface area contributed by atoms with Gasteiger partial charge in [0.2, 0.25) is 0 Å². The molecule has 2 aromatic carbocycles. The Kier molecular flexibility index (Phi) is 4.59. The number of benzene rings is 2. The van der Waals surface area contributed by atoms with Crippen LogP contribution in [0.2, 0.25) is 0 Å². The first-order chi connectivity index (χ1) is 14.5. The summed E-state index contributed by atoms with van der Waals surface area (Å²) in [6.45, 7) is 5.05. The van der Waals surface area contributed by atoms with Gasteiger partial charge in [0.15, 0.2) is 0 Å². The number of aryl methyl sites for hydroxylation is 1. The van der Waals surface area contributed by atoms with Gasteiger partial charge in [-0.2, -0.15) is 5.10 Å². The molecule has 6 heteroatoms. The lowest BCUT2D eigenvalue weighted by Crippen LogP contribution is -2.28. The number of hydrogen-bond donors (Lipinski definition) is 0. The second-order valence-corrected chi connectivity index (χ2v) is 7.76. The predicted octanol–water partition coefficient (Wildman–Crippen LogP) is 5.18. The van der Waals surface area contributed by atoms with E-state index < -0.39 is 0 Å². The molecule has 0 fully saturated rings. The van der Waals surface area contributed by atoms with Gasteiger partial charge in [-0.3, -0.25) is 9.58 Å². The van der Waals surface area contributed by atoms with Crippen LogP contribution in [-0.2, 0) is 7.05 Å². The highest BCUT2D eigenvalue weighted by molar-refractivity contribution is 5.88. The number of fused-ring (bicyclic) bond motifs is 2. The lowest BCUT2D eigenvalue weighted by molar-refractivity contribution is 0.318. The quantitative estimate of drug-likeness (QED) is 0.472. The summed E-state index contributed by atoms with van der Waals surface area (Å²) in [4.78, 5) is 6.87. The van der Waals surface area contributed by atoms with E-state index in [4.69, 9.17) is 0 Å². The van der Waals surface area contributed by atoms with Crippen LogP contribution in [0.4, 0.5) is 8.78 Å². The van der Waals surface area contributed by atoms with Gasteiger partial charge in [0.25, 0.3) is 0 Å². The summed E-state index contributed by atoms with van der Waals surface area (Å²) in [7, 11) is 1.70. The Labute approximate surface area is 173 Å². The van der Waals surface area contributed by atoms with Crippen molar-refractivity contribution in [1.29, 1.82) is 0 Å². The average Bonchev–Trinajstić information content (AvgIpc) is 3.14. The monoisotopic (exact) mass is 404 g/mol. The highest BCUT2D eigenvalue weighted by Crippen LogP contribution is 2.30. The number of aromatic nitrogens is 3. The predicted molar refractivity (Wildman–Crippen MR) is 116 cm³/mol. The molecule has 0 spiro atoms. The molecular formula is C24H22F2N4. The van der Waals surface area contributed by atoms with E-state index in [1.54, 1.807) is 19.3 Å². The highest BCUT2D eigenvalue weighted by Gasteiger charge is 2.15. The minimum Gasteiger partial charge on any atom is -0.300 e. The van der Waals surface area contributed by atoms with Crippen molar-refractivity contribution in [1.82, 2.24) is 19.7 Å². The maximum absolute atomic E-state index is 15.0. The third-order valence-corrected chi connectivity index (χ3v) is 5.94. The van der Waals surface area contributed by atoms with Crippen LogP contribution < -0.4 is 0 Å². The summed E-state index contributed by atoms with van der Waals surface area (Å²) in [5.41, 5.74) is 3.97. The highest BCUT2D eigenvalue weighted by atomic mass is 19.1. The third kappa shape index (κ3) is 3.17. The van der Waals surface area contributed by atoms with Gasteiger partial charge in [0.1, 0.15) is 22.7 Å². The summed E-state index contributed by atoms with van der Waals surface area (Å²) in [5.74, 6) is -0.725. The second kappa shape index (κ2) is 7.29. The molecule has 0 aliphatic carbocycles. The van der Waals surface area contributed by atoms with Crippen LogP contribution in [0, 0.1) is 11.6 Å². The molecule has 1 aliphatic heterocycles. The van der Waals surface area contributed by atoms with Crippen LogP contribution in [-0.4, -0.2) is 39.3 Å². The Balaban J connectivity index is 1.55.